The third-order valence-electron chi connectivity index (χ3n) is 3.87. The van der Waals surface area contributed by atoms with Gasteiger partial charge in [-0.2, -0.15) is 0 Å². The molecule has 1 aliphatic carbocycles. The van der Waals surface area contributed by atoms with Gasteiger partial charge in [0.2, 0.25) is 0 Å². The number of nitrogens with one attached hydrogen (secondary N) is 1. The zero-order chi connectivity index (χ0) is 13.6. The molecular formula is C14H13FN2O2. The smallest absolute Gasteiger partial charge is 0.251 e. The van der Waals surface area contributed by atoms with Crippen molar-refractivity contribution in [2.45, 2.75) is 24.8 Å². The van der Waals surface area contributed by atoms with Crippen LogP contribution in [0.1, 0.15) is 19.3 Å². The Hall–Kier alpha value is -2.17. The van der Waals surface area contributed by atoms with E-state index in [0.29, 0.717) is 24.2 Å². The van der Waals surface area contributed by atoms with Gasteiger partial charge in [0.1, 0.15) is 11.4 Å². The molecule has 98 valence electrons. The first kappa shape index (κ1) is 11.9. The molecule has 0 aromatic heterocycles. The molecule has 0 radical (unpaired) electrons. The Morgan fingerprint density at radius 1 is 1.47 bits per heavy atom. The highest BCUT2D eigenvalue weighted by atomic mass is 19.1. The molecule has 0 atom stereocenters. The van der Waals surface area contributed by atoms with Crippen molar-refractivity contribution in [3.8, 4) is 0 Å². The summed E-state index contributed by atoms with van der Waals surface area (Å²) in [5, 5.41) is 2.70. The van der Waals surface area contributed by atoms with Gasteiger partial charge in [-0.05, 0) is 43.5 Å². The monoisotopic (exact) mass is 260 g/mol. The number of anilines is 2. The number of halogens is 1. The molecule has 1 fully saturated rings. The van der Waals surface area contributed by atoms with Gasteiger partial charge in [0, 0.05) is 0 Å². The highest BCUT2D eigenvalue weighted by Gasteiger charge is 2.54. The number of nitrogens with zero attached hydrogens (tertiary/aromatic N) is 1. The van der Waals surface area contributed by atoms with E-state index in [4.69, 9.17) is 0 Å². The van der Waals surface area contributed by atoms with E-state index in [1.807, 2.05) is 0 Å². The molecule has 19 heavy (non-hydrogen) atoms. The summed E-state index contributed by atoms with van der Waals surface area (Å²) in [6.07, 6.45) is 3.32. The fourth-order valence-corrected chi connectivity index (χ4v) is 2.76. The summed E-state index contributed by atoms with van der Waals surface area (Å²) < 4.78 is 13.2. The summed E-state index contributed by atoms with van der Waals surface area (Å²) in [5.74, 6) is -1.02. The molecule has 4 nitrogen and oxygen atoms in total. The van der Waals surface area contributed by atoms with Gasteiger partial charge in [-0.25, -0.2) is 4.39 Å². The molecule has 1 aromatic carbocycles. The number of benzene rings is 1. The highest BCUT2D eigenvalue weighted by molar-refractivity contribution is 6.17. The van der Waals surface area contributed by atoms with Gasteiger partial charge in [0.15, 0.2) is 0 Å². The second-order valence-electron chi connectivity index (χ2n) is 4.88. The Balaban J connectivity index is 2.18. The van der Waals surface area contributed by atoms with Crippen LogP contribution in [-0.4, -0.2) is 17.4 Å². The number of fused-ring (bicyclic) bond motifs is 1. The maximum absolute atomic E-state index is 13.2. The van der Waals surface area contributed by atoms with E-state index in [9.17, 15) is 14.0 Å². The Morgan fingerprint density at radius 2 is 2.21 bits per heavy atom. The zero-order valence-electron chi connectivity index (χ0n) is 10.3. The third kappa shape index (κ3) is 1.51. The molecule has 1 spiro atoms. The second kappa shape index (κ2) is 3.91. The van der Waals surface area contributed by atoms with Crippen LogP contribution in [0.3, 0.4) is 0 Å². The first-order chi connectivity index (χ1) is 9.08. The lowest BCUT2D eigenvalue weighted by molar-refractivity contribution is -0.128. The van der Waals surface area contributed by atoms with Crippen LogP contribution in [0.25, 0.3) is 0 Å². The SMILES string of the molecule is C=CC(=O)N1c2ccc(F)cc2NC(=O)C12CCC2. The van der Waals surface area contributed by atoms with Gasteiger partial charge in [-0.1, -0.05) is 6.58 Å². The molecule has 0 saturated heterocycles. The molecule has 0 unspecified atom stereocenters. The molecule has 3 rings (SSSR count). The maximum Gasteiger partial charge on any atom is 0.251 e. The van der Waals surface area contributed by atoms with Crippen LogP contribution < -0.4 is 10.2 Å². The average molecular weight is 260 g/mol. The number of hydrogen-bond donors (Lipinski definition) is 1. The summed E-state index contributed by atoms with van der Waals surface area (Å²) in [5.41, 5.74) is 0.0409. The minimum absolute atomic E-state index is 0.243. The predicted octanol–water partition coefficient (Wildman–Crippen LogP) is 2.22. The molecule has 0 bridgehead atoms. The summed E-state index contributed by atoms with van der Waals surface area (Å²) in [6, 6.07) is 4.03. The van der Waals surface area contributed by atoms with Crippen LogP contribution in [0.15, 0.2) is 30.9 Å². The van der Waals surface area contributed by atoms with Crippen molar-refractivity contribution in [3.05, 3.63) is 36.7 Å². The van der Waals surface area contributed by atoms with Gasteiger partial charge in [-0.15, -0.1) is 0 Å². The van der Waals surface area contributed by atoms with E-state index in [1.165, 1.54) is 29.2 Å². The first-order valence-electron chi connectivity index (χ1n) is 6.16. The Bertz CT molecular complexity index is 593. The molecular weight excluding hydrogens is 247 g/mol. The van der Waals surface area contributed by atoms with Crippen molar-refractivity contribution in [2.24, 2.45) is 0 Å². The molecule has 1 heterocycles. The van der Waals surface area contributed by atoms with Crippen LogP contribution in [0.2, 0.25) is 0 Å². The number of amides is 2. The number of carbonyl (C=O) groups is 2. The van der Waals surface area contributed by atoms with E-state index in [0.717, 1.165) is 6.42 Å². The molecule has 2 aliphatic rings. The summed E-state index contributed by atoms with van der Waals surface area (Å²) >= 11 is 0. The second-order valence-corrected chi connectivity index (χ2v) is 4.88. The molecule has 1 saturated carbocycles. The lowest BCUT2D eigenvalue weighted by Crippen LogP contribution is -2.65. The largest absolute Gasteiger partial charge is 0.322 e. The summed E-state index contributed by atoms with van der Waals surface area (Å²) in [7, 11) is 0. The number of hydrogen-bond acceptors (Lipinski definition) is 2. The van der Waals surface area contributed by atoms with E-state index in [1.54, 1.807) is 0 Å². The standard InChI is InChI=1S/C14H13FN2O2/c1-2-12(18)17-11-5-4-9(15)8-10(11)16-13(19)14(17)6-3-7-14/h2,4-5,8H,1,3,6-7H2,(H,16,19). The quantitative estimate of drug-likeness (QED) is 0.787. The van der Waals surface area contributed by atoms with Crippen LogP contribution in [0.5, 0.6) is 0 Å². The van der Waals surface area contributed by atoms with E-state index in [2.05, 4.69) is 11.9 Å². The number of carbonyl (C=O) groups excluding carboxylic acids is 2. The van der Waals surface area contributed by atoms with Crippen molar-refractivity contribution in [2.75, 3.05) is 10.2 Å². The molecule has 2 amide bonds. The van der Waals surface area contributed by atoms with Gasteiger partial charge in [0.25, 0.3) is 11.8 Å². The molecule has 5 heteroatoms. The Labute approximate surface area is 109 Å². The van der Waals surface area contributed by atoms with Gasteiger partial charge >= 0.3 is 0 Å². The number of rotatable bonds is 1. The van der Waals surface area contributed by atoms with Crippen molar-refractivity contribution in [1.29, 1.82) is 0 Å². The first-order valence-corrected chi connectivity index (χ1v) is 6.16. The maximum atomic E-state index is 13.2. The van der Waals surface area contributed by atoms with Gasteiger partial charge < -0.3 is 5.32 Å². The Morgan fingerprint density at radius 3 is 2.79 bits per heavy atom. The zero-order valence-corrected chi connectivity index (χ0v) is 10.3. The van der Waals surface area contributed by atoms with Gasteiger partial charge in [-0.3, -0.25) is 14.5 Å². The van der Waals surface area contributed by atoms with Crippen molar-refractivity contribution in [1.82, 2.24) is 0 Å². The molecule has 1 aromatic rings. The minimum atomic E-state index is -0.823. The molecule has 1 aliphatic heterocycles. The van der Waals surface area contributed by atoms with Crippen LogP contribution in [0, 0.1) is 5.82 Å². The average Bonchev–Trinajstić information content (AvgIpc) is 2.33. The lowest BCUT2D eigenvalue weighted by atomic mass is 9.73. The third-order valence-corrected chi connectivity index (χ3v) is 3.87. The normalized spacial score (nSPS) is 19.4. The fourth-order valence-electron chi connectivity index (χ4n) is 2.76. The van der Waals surface area contributed by atoms with Gasteiger partial charge in [0.05, 0.1) is 11.4 Å². The minimum Gasteiger partial charge on any atom is -0.322 e. The Kier molecular flexibility index (Phi) is 2.45. The topological polar surface area (TPSA) is 49.4 Å². The van der Waals surface area contributed by atoms with E-state index in [-0.39, 0.29) is 11.8 Å². The van der Waals surface area contributed by atoms with Crippen molar-refractivity contribution >= 4 is 23.2 Å². The van der Waals surface area contributed by atoms with Crippen molar-refractivity contribution < 1.29 is 14.0 Å². The van der Waals surface area contributed by atoms with E-state index < -0.39 is 11.4 Å². The summed E-state index contributed by atoms with van der Waals surface area (Å²) in [4.78, 5) is 25.8. The van der Waals surface area contributed by atoms with Crippen LogP contribution in [0.4, 0.5) is 15.8 Å². The lowest BCUT2D eigenvalue weighted by Gasteiger charge is -2.51. The fraction of sp³-hybridized carbons (Fsp3) is 0.286. The van der Waals surface area contributed by atoms with Crippen LogP contribution >= 0.6 is 0 Å². The van der Waals surface area contributed by atoms with E-state index >= 15 is 0 Å². The molecule has 1 N–H and O–H groups in total. The van der Waals surface area contributed by atoms with Crippen LogP contribution in [-0.2, 0) is 9.59 Å². The highest BCUT2D eigenvalue weighted by Crippen LogP contribution is 2.47. The van der Waals surface area contributed by atoms with Crippen molar-refractivity contribution in [3.63, 3.8) is 0 Å². The summed E-state index contributed by atoms with van der Waals surface area (Å²) in [6.45, 7) is 3.48. The predicted molar refractivity (Wildman–Crippen MR) is 69.3 cm³/mol.